The molecule has 2 aromatic rings. The number of hydrogen-bond donors (Lipinski definition) is 3. The SMILES string of the molecule is COC(=O)CNCC(=O)c1cccc(Nc2c(OC)c(=O)c2=O)c1O. The van der Waals surface area contributed by atoms with Gasteiger partial charge in [-0.15, -0.1) is 0 Å². The molecule has 0 heterocycles. The van der Waals surface area contributed by atoms with Crippen LogP contribution in [0.2, 0.25) is 0 Å². The summed E-state index contributed by atoms with van der Waals surface area (Å²) in [6.45, 7) is -0.350. The minimum Gasteiger partial charge on any atom is -0.505 e. The number of carbonyl (C=O) groups is 2. The molecule has 0 aromatic heterocycles. The molecular weight excluding hydrogens is 332 g/mol. The number of ether oxygens (including phenoxy) is 2. The average molecular weight is 348 g/mol. The molecule has 0 spiro atoms. The van der Waals surface area contributed by atoms with Gasteiger partial charge < -0.3 is 19.9 Å². The number of hydrogen-bond acceptors (Lipinski definition) is 9. The molecule has 9 heteroatoms. The zero-order valence-electron chi connectivity index (χ0n) is 13.5. The molecule has 0 saturated heterocycles. The second kappa shape index (κ2) is 7.58. The molecule has 0 atom stereocenters. The number of ketones is 1. The Morgan fingerprint density at radius 1 is 1.12 bits per heavy atom. The van der Waals surface area contributed by atoms with E-state index >= 15 is 0 Å². The summed E-state index contributed by atoms with van der Waals surface area (Å²) in [4.78, 5) is 46.0. The lowest BCUT2D eigenvalue weighted by atomic mass is 10.1. The Kier molecular flexibility index (Phi) is 5.50. The van der Waals surface area contributed by atoms with Gasteiger partial charge in [0.2, 0.25) is 0 Å². The first kappa shape index (κ1) is 18.1. The average Bonchev–Trinajstić information content (AvgIpc) is 2.61. The van der Waals surface area contributed by atoms with Crippen LogP contribution in [0.15, 0.2) is 27.8 Å². The molecule has 0 aliphatic rings. The summed E-state index contributed by atoms with van der Waals surface area (Å²) in [6, 6.07) is 4.32. The van der Waals surface area contributed by atoms with Crippen molar-refractivity contribution in [3.63, 3.8) is 0 Å². The van der Waals surface area contributed by atoms with Gasteiger partial charge in [0.25, 0.3) is 10.9 Å². The third-order valence-electron chi connectivity index (χ3n) is 3.45. The van der Waals surface area contributed by atoms with E-state index in [0.29, 0.717) is 0 Å². The van der Waals surface area contributed by atoms with E-state index in [2.05, 4.69) is 15.4 Å². The highest BCUT2D eigenvalue weighted by atomic mass is 16.5. The van der Waals surface area contributed by atoms with Gasteiger partial charge in [0.1, 0.15) is 11.4 Å². The molecule has 0 aliphatic heterocycles. The van der Waals surface area contributed by atoms with Crippen LogP contribution >= 0.6 is 0 Å². The number of nitrogens with one attached hydrogen (secondary N) is 2. The van der Waals surface area contributed by atoms with E-state index in [1.54, 1.807) is 0 Å². The summed E-state index contributed by atoms with van der Waals surface area (Å²) >= 11 is 0. The summed E-state index contributed by atoms with van der Waals surface area (Å²) < 4.78 is 9.24. The highest BCUT2D eigenvalue weighted by Crippen LogP contribution is 2.32. The molecule has 0 aliphatic carbocycles. The summed E-state index contributed by atoms with van der Waals surface area (Å²) in [7, 11) is 2.47. The minimum atomic E-state index is -0.771. The standard InChI is InChI=1S/C16H16N2O7/c1-24-11(20)7-17-6-10(19)8-4-3-5-9(13(8)21)18-12-14(22)15(23)16(12)25-2/h3-5,17-18,21H,6-7H2,1-2H3. The van der Waals surface area contributed by atoms with Gasteiger partial charge in [-0.1, -0.05) is 6.07 Å². The van der Waals surface area contributed by atoms with E-state index in [0.717, 1.165) is 0 Å². The lowest BCUT2D eigenvalue weighted by Gasteiger charge is -2.14. The number of para-hydroxylation sites is 1. The van der Waals surface area contributed by atoms with Crippen molar-refractivity contribution in [1.82, 2.24) is 5.32 Å². The molecule has 0 radical (unpaired) electrons. The van der Waals surface area contributed by atoms with Crippen LogP contribution in [0.5, 0.6) is 11.5 Å². The van der Waals surface area contributed by atoms with Crippen molar-refractivity contribution >= 4 is 23.1 Å². The zero-order chi connectivity index (χ0) is 18.6. The highest BCUT2D eigenvalue weighted by molar-refractivity contribution is 6.02. The first-order chi connectivity index (χ1) is 11.9. The molecule has 2 rings (SSSR count). The van der Waals surface area contributed by atoms with E-state index in [-0.39, 0.29) is 41.5 Å². The highest BCUT2D eigenvalue weighted by Gasteiger charge is 2.23. The number of carbonyl (C=O) groups excluding carboxylic acids is 2. The van der Waals surface area contributed by atoms with E-state index in [1.807, 2.05) is 0 Å². The molecule has 0 bridgehead atoms. The fourth-order valence-corrected chi connectivity index (χ4v) is 2.13. The van der Waals surface area contributed by atoms with Crippen molar-refractivity contribution in [2.75, 3.05) is 32.6 Å². The number of aromatic hydroxyl groups is 1. The molecule has 3 N–H and O–H groups in total. The molecule has 0 unspecified atom stereocenters. The van der Waals surface area contributed by atoms with E-state index in [9.17, 15) is 24.3 Å². The van der Waals surface area contributed by atoms with Crippen LogP contribution in [0, 0.1) is 0 Å². The third-order valence-corrected chi connectivity index (χ3v) is 3.45. The Bertz CT molecular complexity index is 881. The maximum absolute atomic E-state index is 12.1. The van der Waals surface area contributed by atoms with Crippen molar-refractivity contribution in [2.45, 2.75) is 0 Å². The molecule has 25 heavy (non-hydrogen) atoms. The number of phenols is 1. The van der Waals surface area contributed by atoms with Crippen LogP contribution in [0.1, 0.15) is 10.4 Å². The fraction of sp³-hybridized carbons (Fsp3) is 0.250. The van der Waals surface area contributed by atoms with Gasteiger partial charge in [-0.25, -0.2) is 0 Å². The van der Waals surface area contributed by atoms with Crippen LogP contribution in [0.3, 0.4) is 0 Å². The summed E-state index contributed by atoms with van der Waals surface area (Å²) in [6.07, 6.45) is 0. The van der Waals surface area contributed by atoms with Gasteiger partial charge >= 0.3 is 5.97 Å². The van der Waals surface area contributed by atoms with E-state index in [1.165, 1.54) is 32.4 Å². The topological polar surface area (TPSA) is 131 Å². The number of benzene rings is 1. The summed E-state index contributed by atoms with van der Waals surface area (Å²) in [5.74, 6) is -1.52. The molecular formula is C16H16N2O7. The Morgan fingerprint density at radius 2 is 1.84 bits per heavy atom. The second-order valence-corrected chi connectivity index (χ2v) is 5.00. The van der Waals surface area contributed by atoms with Gasteiger partial charge in [0, 0.05) is 0 Å². The van der Waals surface area contributed by atoms with E-state index in [4.69, 9.17) is 4.74 Å². The normalized spacial score (nSPS) is 10.5. The number of phenolic OH excluding ortho intramolecular Hbond substituents is 1. The largest absolute Gasteiger partial charge is 0.505 e. The number of rotatable bonds is 8. The van der Waals surface area contributed by atoms with Gasteiger partial charge in [-0.05, 0) is 12.1 Å². The van der Waals surface area contributed by atoms with Crippen LogP contribution in [0.4, 0.5) is 11.4 Å². The third kappa shape index (κ3) is 3.66. The lowest BCUT2D eigenvalue weighted by Crippen LogP contribution is -2.34. The van der Waals surface area contributed by atoms with Crippen LogP contribution in [0.25, 0.3) is 0 Å². The van der Waals surface area contributed by atoms with Gasteiger partial charge in [-0.2, -0.15) is 0 Å². The molecule has 0 fully saturated rings. The Morgan fingerprint density at radius 3 is 2.48 bits per heavy atom. The maximum atomic E-state index is 12.1. The van der Waals surface area contributed by atoms with Crippen molar-refractivity contribution in [3.05, 3.63) is 44.2 Å². The first-order valence-electron chi connectivity index (χ1n) is 7.17. The lowest BCUT2D eigenvalue weighted by molar-refractivity contribution is -0.139. The molecule has 0 amide bonds. The second-order valence-electron chi connectivity index (χ2n) is 5.00. The van der Waals surface area contributed by atoms with Crippen molar-refractivity contribution in [1.29, 1.82) is 0 Å². The number of anilines is 2. The van der Waals surface area contributed by atoms with Crippen molar-refractivity contribution in [3.8, 4) is 11.5 Å². The van der Waals surface area contributed by atoms with E-state index < -0.39 is 22.6 Å². The summed E-state index contributed by atoms with van der Waals surface area (Å²) in [5, 5.41) is 15.4. The number of esters is 1. The summed E-state index contributed by atoms with van der Waals surface area (Å²) in [5.41, 5.74) is -1.56. The van der Waals surface area contributed by atoms with Crippen molar-refractivity contribution < 1.29 is 24.2 Å². The number of methoxy groups -OCH3 is 2. The molecule has 9 nitrogen and oxygen atoms in total. The first-order valence-corrected chi connectivity index (χ1v) is 7.17. The Labute approximate surface area is 141 Å². The Balaban J connectivity index is 2.15. The molecule has 132 valence electrons. The molecule has 0 saturated carbocycles. The fourth-order valence-electron chi connectivity index (χ4n) is 2.13. The van der Waals surface area contributed by atoms with Crippen LogP contribution in [-0.2, 0) is 9.53 Å². The van der Waals surface area contributed by atoms with Gasteiger partial charge in [0.15, 0.2) is 11.5 Å². The quantitative estimate of drug-likeness (QED) is 0.254. The smallest absolute Gasteiger partial charge is 0.319 e. The monoisotopic (exact) mass is 348 g/mol. The van der Waals surface area contributed by atoms with Gasteiger partial charge in [-0.3, -0.25) is 24.5 Å². The maximum Gasteiger partial charge on any atom is 0.319 e. The van der Waals surface area contributed by atoms with Crippen LogP contribution in [-0.4, -0.2) is 44.2 Å². The molecule has 2 aromatic carbocycles. The zero-order valence-corrected chi connectivity index (χ0v) is 13.5. The predicted molar refractivity (Wildman–Crippen MR) is 88.5 cm³/mol. The minimum absolute atomic E-state index is 0.0139. The van der Waals surface area contributed by atoms with Crippen molar-refractivity contribution in [2.24, 2.45) is 0 Å². The van der Waals surface area contributed by atoms with Gasteiger partial charge in [0.05, 0.1) is 38.6 Å². The van der Waals surface area contributed by atoms with Crippen LogP contribution < -0.4 is 26.2 Å². The Hall–Kier alpha value is -3.20. The number of Topliss-reactive ketones (excluding diaryl/α,β-unsaturated/α-hetero) is 1. The predicted octanol–water partition coefficient (Wildman–Crippen LogP) is -0.314.